The van der Waals surface area contributed by atoms with E-state index < -0.39 is 17.5 Å². The first-order valence-electron chi connectivity index (χ1n) is 5.50. The van der Waals surface area contributed by atoms with Gasteiger partial charge in [0, 0.05) is 10.2 Å². The van der Waals surface area contributed by atoms with E-state index in [0.717, 1.165) is 0 Å². The minimum absolute atomic E-state index is 0.0933. The van der Waals surface area contributed by atoms with Crippen molar-refractivity contribution >= 4 is 27.5 Å². The van der Waals surface area contributed by atoms with Crippen LogP contribution in [0.2, 0.25) is 0 Å². The van der Waals surface area contributed by atoms with Gasteiger partial charge in [-0.05, 0) is 42.8 Å². The Morgan fingerprint density at radius 2 is 1.84 bits per heavy atom. The second-order valence-corrected chi connectivity index (χ2v) is 4.96. The second-order valence-electron chi connectivity index (χ2n) is 4.04. The smallest absolute Gasteiger partial charge is 0.258 e. The van der Waals surface area contributed by atoms with Crippen LogP contribution in [0.3, 0.4) is 0 Å². The van der Waals surface area contributed by atoms with E-state index in [9.17, 15) is 13.6 Å². The molecule has 2 nitrogen and oxygen atoms in total. The van der Waals surface area contributed by atoms with Crippen molar-refractivity contribution in [3.63, 3.8) is 0 Å². The highest BCUT2D eigenvalue weighted by Crippen LogP contribution is 2.18. The standard InChI is InChI=1S/C14H10BrF2NO/c1-8-2-4-10(7-12(8)16)18-14(19)11-5-3-9(15)6-13(11)17/h2-7H,1H3,(H,18,19). The van der Waals surface area contributed by atoms with E-state index in [1.165, 1.54) is 18.2 Å². The molecule has 0 saturated heterocycles. The second kappa shape index (κ2) is 5.48. The van der Waals surface area contributed by atoms with Crippen LogP contribution in [0.1, 0.15) is 15.9 Å². The Bertz CT molecular complexity index is 643. The third-order valence-electron chi connectivity index (χ3n) is 2.61. The van der Waals surface area contributed by atoms with Crippen molar-refractivity contribution in [1.29, 1.82) is 0 Å². The maximum atomic E-state index is 13.6. The fraction of sp³-hybridized carbons (Fsp3) is 0.0714. The number of amides is 1. The summed E-state index contributed by atoms with van der Waals surface area (Å²) < 4.78 is 27.5. The van der Waals surface area contributed by atoms with Gasteiger partial charge >= 0.3 is 0 Å². The summed E-state index contributed by atoms with van der Waals surface area (Å²) in [6.45, 7) is 1.62. The fourth-order valence-corrected chi connectivity index (χ4v) is 1.88. The first-order valence-corrected chi connectivity index (χ1v) is 6.29. The van der Waals surface area contributed by atoms with Crippen LogP contribution in [-0.2, 0) is 0 Å². The first-order chi connectivity index (χ1) is 8.97. The number of rotatable bonds is 2. The van der Waals surface area contributed by atoms with Gasteiger partial charge in [-0.25, -0.2) is 8.78 Å². The van der Waals surface area contributed by atoms with Crippen LogP contribution in [-0.4, -0.2) is 5.91 Å². The number of hydrogen-bond acceptors (Lipinski definition) is 1. The third kappa shape index (κ3) is 3.17. The van der Waals surface area contributed by atoms with E-state index in [0.29, 0.717) is 10.0 Å². The fourth-order valence-electron chi connectivity index (χ4n) is 1.54. The maximum absolute atomic E-state index is 13.6. The van der Waals surface area contributed by atoms with Crippen molar-refractivity contribution in [2.45, 2.75) is 6.92 Å². The van der Waals surface area contributed by atoms with Crippen LogP contribution in [0, 0.1) is 18.6 Å². The van der Waals surface area contributed by atoms with Crippen LogP contribution in [0.5, 0.6) is 0 Å². The Hall–Kier alpha value is -1.75. The molecule has 0 radical (unpaired) electrons. The van der Waals surface area contributed by atoms with E-state index in [1.54, 1.807) is 25.1 Å². The minimum Gasteiger partial charge on any atom is -0.322 e. The molecule has 0 unspecified atom stereocenters. The van der Waals surface area contributed by atoms with Crippen molar-refractivity contribution in [2.75, 3.05) is 5.32 Å². The van der Waals surface area contributed by atoms with Gasteiger partial charge < -0.3 is 5.32 Å². The third-order valence-corrected chi connectivity index (χ3v) is 3.10. The van der Waals surface area contributed by atoms with Gasteiger partial charge in [0.2, 0.25) is 0 Å². The molecule has 0 fully saturated rings. The molecule has 0 aliphatic rings. The number of benzene rings is 2. The van der Waals surface area contributed by atoms with Crippen LogP contribution in [0.15, 0.2) is 40.9 Å². The lowest BCUT2D eigenvalue weighted by Crippen LogP contribution is -2.13. The molecular weight excluding hydrogens is 316 g/mol. The number of nitrogens with one attached hydrogen (secondary N) is 1. The molecule has 0 atom stereocenters. The van der Waals surface area contributed by atoms with Crippen molar-refractivity contribution in [3.8, 4) is 0 Å². The lowest BCUT2D eigenvalue weighted by Gasteiger charge is -2.07. The highest BCUT2D eigenvalue weighted by Gasteiger charge is 2.12. The van der Waals surface area contributed by atoms with Crippen molar-refractivity contribution in [2.24, 2.45) is 0 Å². The average Bonchev–Trinajstić information content (AvgIpc) is 2.33. The van der Waals surface area contributed by atoms with Gasteiger partial charge in [-0.2, -0.15) is 0 Å². The van der Waals surface area contributed by atoms with Gasteiger partial charge in [0.15, 0.2) is 0 Å². The van der Waals surface area contributed by atoms with Crippen LogP contribution < -0.4 is 5.32 Å². The monoisotopic (exact) mass is 325 g/mol. The number of carbonyl (C=O) groups excluding carboxylic acids is 1. The Kier molecular flexibility index (Phi) is 3.95. The number of halogens is 3. The number of hydrogen-bond donors (Lipinski definition) is 1. The summed E-state index contributed by atoms with van der Waals surface area (Å²) in [4.78, 5) is 11.9. The zero-order valence-electron chi connectivity index (χ0n) is 10.0. The highest BCUT2D eigenvalue weighted by molar-refractivity contribution is 9.10. The zero-order chi connectivity index (χ0) is 14.0. The molecule has 2 aromatic carbocycles. The predicted octanol–water partition coefficient (Wildman–Crippen LogP) is 4.29. The summed E-state index contributed by atoms with van der Waals surface area (Å²) in [5.74, 6) is -1.68. The quantitative estimate of drug-likeness (QED) is 0.876. The predicted molar refractivity (Wildman–Crippen MR) is 73.2 cm³/mol. The van der Waals surface area contributed by atoms with Gasteiger partial charge in [0.25, 0.3) is 5.91 Å². The van der Waals surface area contributed by atoms with Crippen LogP contribution >= 0.6 is 15.9 Å². The van der Waals surface area contributed by atoms with E-state index in [2.05, 4.69) is 21.2 Å². The summed E-state index contributed by atoms with van der Waals surface area (Å²) in [5, 5.41) is 2.45. The molecule has 0 aromatic heterocycles. The Labute approximate surface area is 117 Å². The first kappa shape index (κ1) is 13.7. The van der Waals surface area contributed by atoms with Crippen molar-refractivity contribution in [1.82, 2.24) is 0 Å². The van der Waals surface area contributed by atoms with Gasteiger partial charge in [-0.15, -0.1) is 0 Å². The molecule has 19 heavy (non-hydrogen) atoms. The molecule has 1 N–H and O–H groups in total. The SMILES string of the molecule is Cc1ccc(NC(=O)c2ccc(Br)cc2F)cc1F. The summed E-state index contributed by atoms with van der Waals surface area (Å²) in [7, 11) is 0. The largest absolute Gasteiger partial charge is 0.322 e. The van der Waals surface area contributed by atoms with Crippen LogP contribution in [0.4, 0.5) is 14.5 Å². The zero-order valence-corrected chi connectivity index (χ0v) is 11.6. The minimum atomic E-state index is -0.639. The normalized spacial score (nSPS) is 10.3. The molecule has 0 spiro atoms. The molecule has 0 saturated carbocycles. The molecule has 0 heterocycles. The maximum Gasteiger partial charge on any atom is 0.258 e. The van der Waals surface area contributed by atoms with E-state index in [1.807, 2.05) is 0 Å². The topological polar surface area (TPSA) is 29.1 Å². The molecule has 0 aliphatic heterocycles. The summed E-state index contributed by atoms with van der Waals surface area (Å²) >= 11 is 3.11. The molecule has 2 rings (SSSR count). The molecule has 1 amide bonds. The number of carbonyl (C=O) groups is 1. The molecule has 2 aromatic rings. The average molecular weight is 326 g/mol. The molecular formula is C14H10BrF2NO. The van der Waals surface area contributed by atoms with Gasteiger partial charge in [-0.3, -0.25) is 4.79 Å². The number of anilines is 1. The number of aryl methyl sites for hydroxylation is 1. The Balaban J connectivity index is 2.23. The van der Waals surface area contributed by atoms with E-state index >= 15 is 0 Å². The molecule has 5 heteroatoms. The van der Waals surface area contributed by atoms with Crippen LogP contribution in [0.25, 0.3) is 0 Å². The summed E-state index contributed by atoms with van der Waals surface area (Å²) in [6, 6.07) is 8.43. The molecule has 0 bridgehead atoms. The van der Waals surface area contributed by atoms with Gasteiger partial charge in [0.1, 0.15) is 11.6 Å². The van der Waals surface area contributed by atoms with Crippen molar-refractivity contribution in [3.05, 3.63) is 63.6 Å². The van der Waals surface area contributed by atoms with Crippen molar-refractivity contribution < 1.29 is 13.6 Å². The van der Waals surface area contributed by atoms with Gasteiger partial charge in [0.05, 0.1) is 5.56 Å². The van der Waals surface area contributed by atoms with E-state index in [4.69, 9.17) is 0 Å². The highest BCUT2D eigenvalue weighted by atomic mass is 79.9. The Morgan fingerprint density at radius 1 is 1.11 bits per heavy atom. The summed E-state index contributed by atoms with van der Waals surface area (Å²) in [5.41, 5.74) is 0.674. The Morgan fingerprint density at radius 3 is 2.47 bits per heavy atom. The lowest BCUT2D eigenvalue weighted by molar-refractivity contribution is 0.102. The molecule has 98 valence electrons. The molecule has 0 aliphatic carbocycles. The summed E-state index contributed by atoms with van der Waals surface area (Å²) in [6.07, 6.45) is 0. The van der Waals surface area contributed by atoms with Gasteiger partial charge in [-0.1, -0.05) is 22.0 Å². The van der Waals surface area contributed by atoms with E-state index in [-0.39, 0.29) is 11.3 Å². The lowest BCUT2D eigenvalue weighted by atomic mass is 10.1.